The van der Waals surface area contributed by atoms with Crippen LogP contribution in [0.4, 0.5) is 0 Å². The predicted octanol–water partition coefficient (Wildman–Crippen LogP) is 4.63. The summed E-state index contributed by atoms with van der Waals surface area (Å²) in [6, 6.07) is 8.98. The van der Waals surface area contributed by atoms with Gasteiger partial charge in [0.25, 0.3) is 5.01 Å². The van der Waals surface area contributed by atoms with Crippen LogP contribution < -0.4 is 4.57 Å². The normalized spacial score (nSPS) is 24.4. The maximum atomic E-state index is 2.36. The van der Waals surface area contributed by atoms with Crippen LogP contribution in [-0.4, -0.2) is 18.0 Å². The third-order valence-corrected chi connectivity index (χ3v) is 6.21. The fourth-order valence-electron chi connectivity index (χ4n) is 3.57. The molecule has 3 heteroatoms. The highest BCUT2D eigenvalue weighted by Gasteiger charge is 2.27. The van der Waals surface area contributed by atoms with Crippen LogP contribution in [0.3, 0.4) is 0 Å². The Morgan fingerprint density at radius 1 is 1.20 bits per heavy atom. The lowest BCUT2D eigenvalue weighted by molar-refractivity contribution is -0.642. The summed E-state index contributed by atoms with van der Waals surface area (Å²) in [5.74, 6) is 0.430. The summed E-state index contributed by atoms with van der Waals surface area (Å²) in [6.07, 6.45) is 18.0. The molecule has 4 rings (SSSR count). The molecule has 25 heavy (non-hydrogen) atoms. The van der Waals surface area contributed by atoms with E-state index in [1.165, 1.54) is 26.4 Å². The Kier molecular flexibility index (Phi) is 4.18. The molecule has 1 aromatic carbocycles. The van der Waals surface area contributed by atoms with Crippen molar-refractivity contribution < 1.29 is 4.57 Å². The lowest BCUT2D eigenvalue weighted by atomic mass is 9.83. The Morgan fingerprint density at radius 3 is 2.88 bits per heavy atom. The Morgan fingerprint density at radius 2 is 2.04 bits per heavy atom. The Bertz CT molecular complexity index is 956. The first-order valence-electron chi connectivity index (χ1n) is 8.66. The van der Waals surface area contributed by atoms with Crippen LogP contribution in [0.15, 0.2) is 78.1 Å². The van der Waals surface area contributed by atoms with Gasteiger partial charge in [0.05, 0.1) is 6.04 Å². The number of thiazole rings is 1. The molecule has 126 valence electrons. The molecular formula is C22H23N2S+. The van der Waals surface area contributed by atoms with Crippen molar-refractivity contribution in [1.29, 1.82) is 0 Å². The van der Waals surface area contributed by atoms with Gasteiger partial charge in [-0.15, -0.1) is 0 Å². The van der Waals surface area contributed by atoms with Gasteiger partial charge in [0.2, 0.25) is 5.52 Å². The number of aromatic nitrogens is 1. The molecule has 1 aliphatic heterocycles. The Labute approximate surface area is 153 Å². The molecule has 0 amide bonds. The van der Waals surface area contributed by atoms with E-state index in [0.717, 1.165) is 0 Å². The second-order valence-corrected chi connectivity index (χ2v) is 7.82. The molecule has 1 aliphatic carbocycles. The first kappa shape index (κ1) is 16.1. The number of benzene rings is 1. The smallest absolute Gasteiger partial charge is 0.262 e. The number of likely N-dealkylation sites (N-methyl/N-ethyl adjacent to an activating group) is 1. The van der Waals surface area contributed by atoms with Crippen molar-refractivity contribution in [2.75, 3.05) is 7.05 Å². The molecule has 2 unspecified atom stereocenters. The highest BCUT2D eigenvalue weighted by Crippen LogP contribution is 2.32. The van der Waals surface area contributed by atoms with E-state index in [2.05, 4.69) is 103 Å². The number of hydrogen-bond donors (Lipinski definition) is 0. The first-order chi connectivity index (χ1) is 12.1. The van der Waals surface area contributed by atoms with E-state index in [4.69, 9.17) is 0 Å². The van der Waals surface area contributed by atoms with Gasteiger partial charge in [0, 0.05) is 25.1 Å². The molecule has 0 radical (unpaired) electrons. The molecule has 0 saturated heterocycles. The lowest BCUT2D eigenvalue weighted by Gasteiger charge is -2.37. The minimum Gasteiger partial charge on any atom is -0.373 e. The number of aryl methyl sites for hydroxylation is 1. The molecule has 0 bridgehead atoms. The summed E-state index contributed by atoms with van der Waals surface area (Å²) < 4.78 is 3.59. The van der Waals surface area contributed by atoms with E-state index >= 15 is 0 Å². The van der Waals surface area contributed by atoms with Gasteiger partial charge in [0.1, 0.15) is 11.7 Å². The molecule has 0 saturated carbocycles. The maximum Gasteiger partial charge on any atom is 0.262 e. The highest BCUT2D eigenvalue weighted by atomic mass is 32.1. The van der Waals surface area contributed by atoms with Gasteiger partial charge in [-0.05, 0) is 30.8 Å². The van der Waals surface area contributed by atoms with Crippen molar-refractivity contribution in [3.63, 3.8) is 0 Å². The molecule has 2 aliphatic rings. The second-order valence-electron chi connectivity index (χ2n) is 6.76. The predicted molar refractivity (Wildman–Crippen MR) is 107 cm³/mol. The van der Waals surface area contributed by atoms with E-state index in [9.17, 15) is 0 Å². The van der Waals surface area contributed by atoms with Gasteiger partial charge in [0.15, 0.2) is 0 Å². The van der Waals surface area contributed by atoms with Crippen molar-refractivity contribution in [2.24, 2.45) is 13.0 Å². The highest BCUT2D eigenvalue weighted by molar-refractivity contribution is 7.18. The number of fused-ring (bicyclic) bond motifs is 2. The zero-order chi connectivity index (χ0) is 17.4. The molecule has 2 nitrogen and oxygen atoms in total. The molecule has 2 heterocycles. The van der Waals surface area contributed by atoms with Crippen LogP contribution in [0.1, 0.15) is 11.9 Å². The fourth-order valence-corrected chi connectivity index (χ4v) is 4.63. The number of hydrogen-bond acceptors (Lipinski definition) is 2. The standard InChI is InChI=1S/C22H23N2S/c1-16-11-12-18-17(13-14-23(2)20(18)15-16)7-6-10-22-24(3)19-8-4-5-9-21(19)25-22/h4-15,18,20H,1-3H3/q+1. The summed E-state index contributed by atoms with van der Waals surface area (Å²) in [5, 5.41) is 1.27. The van der Waals surface area contributed by atoms with E-state index in [1.807, 2.05) is 11.3 Å². The number of rotatable bonds is 2. The van der Waals surface area contributed by atoms with Gasteiger partial charge in [-0.3, -0.25) is 0 Å². The molecular weight excluding hydrogens is 324 g/mol. The van der Waals surface area contributed by atoms with Crippen LogP contribution >= 0.6 is 11.3 Å². The Hall–Kier alpha value is -2.39. The number of allylic oxidation sites excluding steroid dienone is 5. The van der Waals surface area contributed by atoms with Crippen molar-refractivity contribution in [3.8, 4) is 0 Å². The van der Waals surface area contributed by atoms with Gasteiger partial charge in [-0.25, -0.2) is 0 Å². The number of nitrogens with zero attached hydrogens (tertiary/aromatic N) is 2. The van der Waals surface area contributed by atoms with Crippen LogP contribution in [-0.2, 0) is 7.05 Å². The van der Waals surface area contributed by atoms with Gasteiger partial charge < -0.3 is 4.90 Å². The summed E-state index contributed by atoms with van der Waals surface area (Å²) in [5.41, 5.74) is 3.99. The maximum absolute atomic E-state index is 2.36. The van der Waals surface area contributed by atoms with Gasteiger partial charge >= 0.3 is 0 Å². The Balaban J connectivity index is 1.62. The first-order valence-corrected chi connectivity index (χ1v) is 9.48. The largest absolute Gasteiger partial charge is 0.373 e. The minimum absolute atomic E-state index is 0.426. The summed E-state index contributed by atoms with van der Waals surface area (Å²) >= 11 is 1.83. The van der Waals surface area contributed by atoms with E-state index < -0.39 is 0 Å². The van der Waals surface area contributed by atoms with Gasteiger partial charge in [-0.1, -0.05) is 59.4 Å². The third-order valence-electron chi connectivity index (χ3n) is 5.02. The van der Waals surface area contributed by atoms with Crippen LogP contribution in [0, 0.1) is 5.92 Å². The van der Waals surface area contributed by atoms with Crippen molar-refractivity contribution in [1.82, 2.24) is 4.90 Å². The van der Waals surface area contributed by atoms with Crippen LogP contribution in [0.25, 0.3) is 16.3 Å². The monoisotopic (exact) mass is 347 g/mol. The summed E-state index contributed by atoms with van der Waals surface area (Å²) in [6.45, 7) is 2.17. The topological polar surface area (TPSA) is 7.12 Å². The quantitative estimate of drug-likeness (QED) is 0.719. The summed E-state index contributed by atoms with van der Waals surface area (Å²) in [4.78, 5) is 2.30. The zero-order valence-electron chi connectivity index (χ0n) is 14.9. The summed E-state index contributed by atoms with van der Waals surface area (Å²) in [7, 11) is 4.29. The van der Waals surface area contributed by atoms with Gasteiger partial charge in [-0.2, -0.15) is 4.57 Å². The van der Waals surface area contributed by atoms with E-state index in [-0.39, 0.29) is 0 Å². The molecule has 0 fully saturated rings. The lowest BCUT2D eigenvalue weighted by Crippen LogP contribution is -2.37. The van der Waals surface area contributed by atoms with Crippen molar-refractivity contribution >= 4 is 27.6 Å². The number of para-hydroxylation sites is 1. The van der Waals surface area contributed by atoms with Crippen LogP contribution in [0.5, 0.6) is 0 Å². The van der Waals surface area contributed by atoms with E-state index in [1.54, 1.807) is 0 Å². The van der Waals surface area contributed by atoms with E-state index in [0.29, 0.717) is 12.0 Å². The van der Waals surface area contributed by atoms with Crippen molar-refractivity contribution in [3.05, 3.63) is 83.1 Å². The van der Waals surface area contributed by atoms with Crippen LogP contribution in [0.2, 0.25) is 0 Å². The minimum atomic E-state index is 0.426. The third kappa shape index (κ3) is 3.00. The molecule has 0 N–H and O–H groups in total. The average Bonchev–Trinajstić information content (AvgIpc) is 2.94. The second kappa shape index (κ2) is 6.49. The molecule has 2 aromatic rings. The zero-order valence-corrected chi connectivity index (χ0v) is 15.7. The fraction of sp³-hybridized carbons (Fsp3) is 0.227. The average molecular weight is 348 g/mol. The SMILES string of the molecule is CC1=CC2C(C=C1)/C(=C/C=C/c1sc3ccccc3[n+]1C)C=CN2C. The molecule has 2 atom stereocenters. The molecule has 0 spiro atoms. The molecule has 1 aromatic heterocycles. The van der Waals surface area contributed by atoms with Crippen molar-refractivity contribution in [2.45, 2.75) is 13.0 Å².